The number of fused-ring (bicyclic) bond motifs is 2. The molecule has 4 rings (SSSR count). The van der Waals surface area contributed by atoms with Crippen LogP contribution in [-0.2, 0) is 4.79 Å². The van der Waals surface area contributed by atoms with Crippen molar-refractivity contribution in [1.29, 1.82) is 0 Å². The lowest BCUT2D eigenvalue weighted by molar-refractivity contribution is -0.135. The summed E-state index contributed by atoms with van der Waals surface area (Å²) in [5, 5.41) is 24.4. The van der Waals surface area contributed by atoms with Gasteiger partial charge in [-0.05, 0) is 49.2 Å². The highest BCUT2D eigenvalue weighted by atomic mass is 79.9. The average molecular weight is 481 g/mol. The first kappa shape index (κ1) is 18.0. The van der Waals surface area contributed by atoms with Crippen LogP contribution in [0.5, 0.6) is 11.5 Å². The summed E-state index contributed by atoms with van der Waals surface area (Å²) in [5.41, 5.74) is 1.44. The molecule has 136 valence electrons. The highest BCUT2D eigenvalue weighted by Gasteiger charge is 2.47. The molecule has 1 saturated carbocycles. The second-order valence-electron chi connectivity index (χ2n) is 7.07. The Kier molecular flexibility index (Phi) is 4.84. The number of aromatic hydroxyl groups is 2. The molecular weight excluding hydrogens is 462 g/mol. The number of hydrogen-bond acceptors (Lipinski definition) is 4. The van der Waals surface area contributed by atoms with Crippen LogP contribution in [-0.4, -0.2) is 16.0 Å². The number of carbonyl (C=O) groups is 1. The van der Waals surface area contributed by atoms with Crippen LogP contribution in [0, 0.1) is 11.8 Å². The van der Waals surface area contributed by atoms with Gasteiger partial charge in [0.15, 0.2) is 0 Å². The summed E-state index contributed by atoms with van der Waals surface area (Å²) in [6.45, 7) is 0. The van der Waals surface area contributed by atoms with Crippen molar-refractivity contribution in [2.45, 2.75) is 31.3 Å². The number of carbonyl (C=O) groups excluding carboxylic acids is 1. The molecule has 4 atom stereocenters. The number of halogens is 2. The van der Waals surface area contributed by atoms with Crippen LogP contribution in [0.15, 0.2) is 45.3 Å². The summed E-state index contributed by atoms with van der Waals surface area (Å²) in [4.78, 5) is 13.1. The molecule has 0 amide bonds. The quantitative estimate of drug-likeness (QED) is 0.566. The second-order valence-corrected chi connectivity index (χ2v) is 8.91. The van der Waals surface area contributed by atoms with Crippen LogP contribution in [0.4, 0.5) is 0 Å². The van der Waals surface area contributed by atoms with Crippen LogP contribution in [0.2, 0.25) is 0 Å². The van der Waals surface area contributed by atoms with E-state index in [9.17, 15) is 15.0 Å². The molecule has 2 aliphatic rings. The van der Waals surface area contributed by atoms with Gasteiger partial charge in [-0.3, -0.25) is 4.79 Å². The predicted octanol–water partition coefficient (Wildman–Crippen LogP) is 4.99. The standard InChI is InChI=1S/C20H19Br2NO3/c21-10-4-6-16(24)14(8-10)18-12-2-1-3-13(20(12)26)19(23-18)15-9-11(22)5-7-17(15)25/h4-9,12-13,18-19,23-25H,1-3H2/t12-,13-,18-,19-/m0/s1. The lowest BCUT2D eigenvalue weighted by Gasteiger charge is -2.45. The van der Waals surface area contributed by atoms with E-state index in [-0.39, 0.29) is 41.2 Å². The topological polar surface area (TPSA) is 69.6 Å². The summed E-state index contributed by atoms with van der Waals surface area (Å²) in [5.74, 6) is 0.280. The van der Waals surface area contributed by atoms with Gasteiger partial charge in [-0.15, -0.1) is 0 Å². The van der Waals surface area contributed by atoms with E-state index in [2.05, 4.69) is 37.2 Å². The number of Topliss-reactive ketones (excluding diaryl/α,β-unsaturated/α-hetero) is 1. The molecule has 1 heterocycles. The number of ketones is 1. The third-order valence-electron chi connectivity index (χ3n) is 5.57. The van der Waals surface area contributed by atoms with Gasteiger partial charge in [0.1, 0.15) is 17.3 Å². The Labute approximate surface area is 168 Å². The van der Waals surface area contributed by atoms with Gasteiger partial charge < -0.3 is 15.5 Å². The molecule has 0 unspecified atom stereocenters. The van der Waals surface area contributed by atoms with Gasteiger partial charge in [-0.25, -0.2) is 0 Å². The maximum atomic E-state index is 13.1. The van der Waals surface area contributed by atoms with E-state index in [0.717, 1.165) is 39.3 Å². The van der Waals surface area contributed by atoms with Crippen LogP contribution in [0.25, 0.3) is 0 Å². The van der Waals surface area contributed by atoms with E-state index in [1.54, 1.807) is 24.3 Å². The number of rotatable bonds is 2. The zero-order valence-electron chi connectivity index (χ0n) is 14.0. The predicted molar refractivity (Wildman–Crippen MR) is 106 cm³/mol. The number of phenols is 2. The van der Waals surface area contributed by atoms with Crippen LogP contribution in [0.3, 0.4) is 0 Å². The zero-order valence-corrected chi connectivity index (χ0v) is 17.1. The van der Waals surface area contributed by atoms with Crippen LogP contribution < -0.4 is 5.32 Å². The molecule has 3 N–H and O–H groups in total. The minimum atomic E-state index is -0.278. The molecule has 0 radical (unpaired) electrons. The fourth-order valence-corrected chi connectivity index (χ4v) is 5.12. The fraction of sp³-hybridized carbons (Fsp3) is 0.350. The first-order valence-corrected chi connectivity index (χ1v) is 10.3. The van der Waals surface area contributed by atoms with E-state index in [1.165, 1.54) is 0 Å². The Balaban J connectivity index is 1.80. The lowest BCUT2D eigenvalue weighted by Crippen LogP contribution is -2.50. The van der Waals surface area contributed by atoms with Gasteiger partial charge in [0.05, 0.1) is 0 Å². The second kappa shape index (κ2) is 6.98. The molecule has 2 aromatic rings. The Morgan fingerprint density at radius 1 is 0.846 bits per heavy atom. The van der Waals surface area contributed by atoms with Crippen molar-refractivity contribution in [3.05, 3.63) is 56.5 Å². The minimum Gasteiger partial charge on any atom is -0.508 e. The molecule has 2 aromatic carbocycles. The SMILES string of the molecule is O=C1[C@H]2CCC[C@H]1[C@@H](c1cc(Br)ccc1O)N[C@@H]2c1cc(Br)ccc1O. The number of benzene rings is 2. The molecule has 1 saturated heterocycles. The fourth-order valence-electron chi connectivity index (χ4n) is 4.37. The normalized spacial score (nSPS) is 28.2. The van der Waals surface area contributed by atoms with E-state index >= 15 is 0 Å². The maximum absolute atomic E-state index is 13.1. The molecule has 0 aromatic heterocycles. The van der Waals surface area contributed by atoms with Crippen molar-refractivity contribution < 1.29 is 15.0 Å². The summed E-state index contributed by atoms with van der Waals surface area (Å²) in [6, 6.07) is 10.0. The Morgan fingerprint density at radius 3 is 1.77 bits per heavy atom. The third kappa shape index (κ3) is 3.08. The van der Waals surface area contributed by atoms with Crippen LogP contribution >= 0.6 is 31.9 Å². The lowest BCUT2D eigenvalue weighted by atomic mass is 9.67. The highest BCUT2D eigenvalue weighted by Crippen LogP contribution is 2.49. The number of nitrogens with one attached hydrogen (secondary N) is 1. The average Bonchev–Trinajstić information content (AvgIpc) is 2.60. The van der Waals surface area contributed by atoms with Crippen molar-refractivity contribution in [2.24, 2.45) is 11.8 Å². The van der Waals surface area contributed by atoms with E-state index < -0.39 is 0 Å². The number of hydrogen-bond donors (Lipinski definition) is 3. The van der Waals surface area contributed by atoms with Gasteiger partial charge >= 0.3 is 0 Å². The van der Waals surface area contributed by atoms with Gasteiger partial charge in [0.2, 0.25) is 0 Å². The molecule has 4 nitrogen and oxygen atoms in total. The first-order chi connectivity index (χ1) is 12.5. The number of phenolic OH excluding ortho intramolecular Hbond substituents is 2. The Bertz CT molecular complexity index is 803. The molecular formula is C20H19Br2NO3. The molecule has 26 heavy (non-hydrogen) atoms. The molecule has 2 bridgehead atoms. The van der Waals surface area contributed by atoms with Crippen molar-refractivity contribution >= 4 is 37.6 Å². The summed E-state index contributed by atoms with van der Waals surface area (Å²) < 4.78 is 1.72. The monoisotopic (exact) mass is 479 g/mol. The van der Waals surface area contributed by atoms with Crippen molar-refractivity contribution in [2.75, 3.05) is 0 Å². The van der Waals surface area contributed by atoms with Gasteiger partial charge in [0.25, 0.3) is 0 Å². The highest BCUT2D eigenvalue weighted by molar-refractivity contribution is 9.10. The van der Waals surface area contributed by atoms with E-state index in [4.69, 9.17) is 0 Å². The molecule has 0 spiro atoms. The summed E-state index contributed by atoms with van der Waals surface area (Å²) >= 11 is 6.91. The molecule has 1 aliphatic carbocycles. The number of piperidine rings is 1. The van der Waals surface area contributed by atoms with E-state index in [1.807, 2.05) is 12.1 Å². The first-order valence-electron chi connectivity index (χ1n) is 8.72. The Morgan fingerprint density at radius 2 is 1.31 bits per heavy atom. The molecule has 6 heteroatoms. The summed E-state index contributed by atoms with van der Waals surface area (Å²) in [6.07, 6.45) is 2.60. The van der Waals surface area contributed by atoms with Crippen molar-refractivity contribution in [1.82, 2.24) is 5.32 Å². The van der Waals surface area contributed by atoms with Crippen molar-refractivity contribution in [3.63, 3.8) is 0 Å². The zero-order chi connectivity index (χ0) is 18.4. The van der Waals surface area contributed by atoms with Crippen molar-refractivity contribution in [3.8, 4) is 11.5 Å². The van der Waals surface area contributed by atoms with Gasteiger partial charge in [0, 0.05) is 44.0 Å². The minimum absolute atomic E-state index is 0.153. The largest absolute Gasteiger partial charge is 0.508 e. The maximum Gasteiger partial charge on any atom is 0.142 e. The molecule has 1 aliphatic heterocycles. The third-order valence-corrected chi connectivity index (χ3v) is 6.56. The van der Waals surface area contributed by atoms with Crippen LogP contribution in [0.1, 0.15) is 42.5 Å². The van der Waals surface area contributed by atoms with E-state index in [0.29, 0.717) is 0 Å². The smallest absolute Gasteiger partial charge is 0.142 e. The summed E-state index contributed by atoms with van der Waals surface area (Å²) in [7, 11) is 0. The Hall–Kier alpha value is -1.37. The van der Waals surface area contributed by atoms with Gasteiger partial charge in [-0.2, -0.15) is 0 Å². The van der Waals surface area contributed by atoms with Gasteiger partial charge in [-0.1, -0.05) is 38.3 Å². The molecule has 2 fully saturated rings.